The molecule has 1 aliphatic carbocycles. The number of aromatic nitrogens is 5. The first kappa shape index (κ1) is 34.0. The largest absolute Gasteiger partial charge is 0.447 e. The molecule has 49 heavy (non-hydrogen) atoms. The fourth-order valence-electron chi connectivity index (χ4n) is 5.79. The fraction of sp³-hybridized carbons (Fsp3) is 0.412. The van der Waals surface area contributed by atoms with Crippen LogP contribution in [0.2, 0.25) is 5.02 Å². The van der Waals surface area contributed by atoms with Crippen molar-refractivity contribution in [2.75, 3.05) is 26.2 Å². The molecule has 2 aliphatic rings. The zero-order valence-corrected chi connectivity index (χ0v) is 28.2. The zero-order valence-electron chi connectivity index (χ0n) is 27.4. The number of guanidine groups is 1. The second kappa shape index (κ2) is 13.6. The standard InChI is InChI=1S/C34H38ClF2N9O3/c1-33(2,3)12-13-39-31(38)46(29(47)22-6-4-21(5-7-22)24-15-42-45(16-24)30(36)37)27(17-49-32(48)44-18-34(19-44)10-11-34)23-8-9-26(35)25(14-23)28-40-20-41-43-28/h4-9,14-16,20,27,30H,10-13,17-19H2,1-3H3,(H2,38,39)(H,40,41,43)/t27-/m1/s1. The monoisotopic (exact) mass is 693 g/mol. The van der Waals surface area contributed by atoms with Crippen LogP contribution < -0.4 is 5.32 Å². The molecule has 0 radical (unpaired) electrons. The Balaban J connectivity index is 1.34. The Morgan fingerprint density at radius 2 is 1.88 bits per heavy atom. The summed E-state index contributed by atoms with van der Waals surface area (Å²) in [4.78, 5) is 34.7. The number of carbonyl (C=O) groups is 2. The maximum atomic E-state index is 14.4. The van der Waals surface area contributed by atoms with Gasteiger partial charge in [0.15, 0.2) is 11.8 Å². The van der Waals surface area contributed by atoms with E-state index in [9.17, 15) is 18.4 Å². The van der Waals surface area contributed by atoms with Crippen LogP contribution in [0.5, 0.6) is 0 Å². The first-order valence-corrected chi connectivity index (χ1v) is 16.4. The average molecular weight is 694 g/mol. The van der Waals surface area contributed by atoms with E-state index in [1.165, 1.54) is 23.6 Å². The minimum absolute atomic E-state index is 0.0384. The van der Waals surface area contributed by atoms with E-state index in [1.54, 1.807) is 47.4 Å². The van der Waals surface area contributed by atoms with Gasteiger partial charge in [-0.05, 0) is 60.1 Å². The van der Waals surface area contributed by atoms with Gasteiger partial charge in [0.2, 0.25) is 0 Å². The van der Waals surface area contributed by atoms with Gasteiger partial charge >= 0.3 is 12.6 Å². The summed E-state index contributed by atoms with van der Waals surface area (Å²) in [6.45, 7) is 4.90. The van der Waals surface area contributed by atoms with Crippen LogP contribution in [0.25, 0.3) is 22.5 Å². The number of ether oxygens (including phenoxy) is 1. The molecule has 1 atom stereocenters. The van der Waals surface area contributed by atoms with E-state index in [1.807, 2.05) is 0 Å². The number of nitrogens with one attached hydrogen (secondary N) is 3. The summed E-state index contributed by atoms with van der Waals surface area (Å²) in [5.74, 6) is -0.323. The molecular formula is C34H38ClF2N9O3. The minimum atomic E-state index is -2.78. The van der Waals surface area contributed by atoms with Crippen molar-refractivity contribution in [3.63, 3.8) is 0 Å². The summed E-state index contributed by atoms with van der Waals surface area (Å²) >= 11 is 6.55. The van der Waals surface area contributed by atoms with Gasteiger partial charge in [-0.25, -0.2) is 14.5 Å². The van der Waals surface area contributed by atoms with E-state index in [0.717, 1.165) is 12.8 Å². The Labute approximate surface area is 287 Å². The van der Waals surface area contributed by atoms with Gasteiger partial charge in [-0.15, -0.1) is 0 Å². The Morgan fingerprint density at radius 3 is 2.49 bits per heavy atom. The first-order chi connectivity index (χ1) is 23.3. The normalized spacial score (nSPS) is 15.5. The number of alkyl halides is 2. The number of likely N-dealkylation sites (tertiary alicyclic amines) is 1. The highest BCUT2D eigenvalue weighted by molar-refractivity contribution is 6.33. The molecule has 2 aromatic heterocycles. The third-order valence-electron chi connectivity index (χ3n) is 8.88. The highest BCUT2D eigenvalue weighted by Crippen LogP contribution is 2.53. The van der Waals surface area contributed by atoms with Gasteiger partial charge < -0.3 is 15.0 Å². The van der Waals surface area contributed by atoms with Crippen LogP contribution in [0.15, 0.2) is 61.2 Å². The van der Waals surface area contributed by atoms with E-state index >= 15 is 0 Å². The van der Waals surface area contributed by atoms with Gasteiger partial charge in [-0.1, -0.05) is 50.6 Å². The maximum absolute atomic E-state index is 14.4. The molecule has 2 amide bonds. The quantitative estimate of drug-likeness (QED) is 0.123. The molecular weight excluding hydrogens is 656 g/mol. The SMILES string of the molecule is CC(C)(C)CCNC(=N)N(C(=O)c1ccc(-c2cnn(C(F)F)c2)cc1)[C@H](COC(=O)N1CC2(CC2)C1)c1ccc(Cl)c(-c2ncn[nH]2)c1. The summed E-state index contributed by atoms with van der Waals surface area (Å²) in [7, 11) is 0. The lowest BCUT2D eigenvalue weighted by Crippen LogP contribution is -2.52. The summed E-state index contributed by atoms with van der Waals surface area (Å²) in [5, 5.41) is 23.1. The molecule has 15 heteroatoms. The second-order valence-electron chi connectivity index (χ2n) is 13.8. The van der Waals surface area contributed by atoms with E-state index in [2.05, 4.69) is 46.4 Å². The number of amides is 2. The number of hydrogen-bond donors (Lipinski definition) is 3. The Hall–Kier alpha value is -4.85. The number of hydrogen-bond acceptors (Lipinski definition) is 7. The van der Waals surface area contributed by atoms with Crippen molar-refractivity contribution in [2.45, 2.75) is 52.6 Å². The van der Waals surface area contributed by atoms with Gasteiger partial charge in [-0.2, -0.15) is 19.0 Å². The van der Waals surface area contributed by atoms with Gasteiger partial charge in [0.25, 0.3) is 5.91 Å². The molecule has 3 N–H and O–H groups in total. The van der Waals surface area contributed by atoms with Crippen LogP contribution in [-0.2, 0) is 4.74 Å². The lowest BCUT2D eigenvalue weighted by Gasteiger charge is -2.39. The number of halogens is 3. The number of benzene rings is 2. The van der Waals surface area contributed by atoms with Crippen molar-refractivity contribution >= 4 is 29.6 Å². The second-order valence-corrected chi connectivity index (χ2v) is 14.3. The molecule has 1 saturated carbocycles. The van der Waals surface area contributed by atoms with Gasteiger partial charge in [0.1, 0.15) is 12.9 Å². The van der Waals surface area contributed by atoms with E-state index in [-0.39, 0.29) is 29.0 Å². The minimum Gasteiger partial charge on any atom is -0.447 e. The molecule has 0 bridgehead atoms. The molecule has 258 valence electrons. The van der Waals surface area contributed by atoms with Crippen LogP contribution in [-0.4, -0.2) is 79.0 Å². The summed E-state index contributed by atoms with van der Waals surface area (Å²) in [5.41, 5.74) is 2.51. The number of aromatic amines is 1. The Kier molecular flexibility index (Phi) is 9.43. The van der Waals surface area contributed by atoms with E-state index < -0.39 is 24.6 Å². The highest BCUT2D eigenvalue weighted by Gasteiger charge is 2.54. The number of H-pyrrole nitrogens is 1. The molecule has 2 aromatic carbocycles. The topological polar surface area (TPSA) is 145 Å². The van der Waals surface area contributed by atoms with Crippen LogP contribution >= 0.6 is 11.6 Å². The smallest absolute Gasteiger partial charge is 0.409 e. The molecule has 2 fully saturated rings. The van der Waals surface area contributed by atoms with Crippen molar-refractivity contribution < 1.29 is 23.1 Å². The first-order valence-electron chi connectivity index (χ1n) is 16.0. The summed E-state index contributed by atoms with van der Waals surface area (Å²) < 4.78 is 32.6. The average Bonchev–Trinajstić information content (AvgIpc) is 3.41. The summed E-state index contributed by atoms with van der Waals surface area (Å²) in [6, 6.07) is 10.5. The third kappa shape index (κ3) is 7.74. The lowest BCUT2D eigenvalue weighted by molar-refractivity contribution is 0.0317. The molecule has 6 rings (SSSR count). The van der Waals surface area contributed by atoms with Crippen molar-refractivity contribution in [1.29, 1.82) is 5.41 Å². The lowest BCUT2D eigenvalue weighted by atomic mass is 9.92. The van der Waals surface area contributed by atoms with Gasteiger partial charge in [0, 0.05) is 47.9 Å². The van der Waals surface area contributed by atoms with Crippen LogP contribution in [0.4, 0.5) is 13.6 Å². The Morgan fingerprint density at radius 1 is 1.14 bits per heavy atom. The molecule has 3 heterocycles. The predicted octanol–water partition coefficient (Wildman–Crippen LogP) is 6.76. The summed E-state index contributed by atoms with van der Waals surface area (Å²) in [6.07, 6.45) is 6.33. The van der Waals surface area contributed by atoms with Gasteiger partial charge in [-0.3, -0.25) is 20.2 Å². The van der Waals surface area contributed by atoms with E-state index in [4.69, 9.17) is 21.7 Å². The fourth-order valence-corrected chi connectivity index (χ4v) is 6.00. The van der Waals surface area contributed by atoms with Gasteiger partial charge in [0.05, 0.1) is 17.3 Å². The van der Waals surface area contributed by atoms with Crippen LogP contribution in [0.1, 0.15) is 68.5 Å². The zero-order chi connectivity index (χ0) is 34.9. The molecule has 1 spiro atoms. The molecule has 1 aliphatic heterocycles. The van der Waals surface area contributed by atoms with Crippen molar-refractivity contribution in [3.8, 4) is 22.5 Å². The third-order valence-corrected chi connectivity index (χ3v) is 9.21. The number of nitrogens with zero attached hydrogens (tertiary/aromatic N) is 6. The highest BCUT2D eigenvalue weighted by atomic mass is 35.5. The van der Waals surface area contributed by atoms with Crippen molar-refractivity contribution in [3.05, 3.63) is 77.3 Å². The maximum Gasteiger partial charge on any atom is 0.409 e. The van der Waals surface area contributed by atoms with Crippen LogP contribution in [0.3, 0.4) is 0 Å². The van der Waals surface area contributed by atoms with Crippen molar-refractivity contribution in [2.24, 2.45) is 10.8 Å². The number of carbonyl (C=O) groups excluding carboxylic acids is 2. The van der Waals surface area contributed by atoms with Crippen molar-refractivity contribution in [1.82, 2.24) is 40.1 Å². The molecule has 0 unspecified atom stereocenters. The molecule has 12 nitrogen and oxygen atoms in total. The molecule has 1 saturated heterocycles. The van der Waals surface area contributed by atoms with E-state index in [0.29, 0.717) is 63.8 Å². The predicted molar refractivity (Wildman–Crippen MR) is 179 cm³/mol. The number of rotatable bonds is 10. The van der Waals surface area contributed by atoms with Crippen LogP contribution in [0, 0.1) is 16.2 Å². The Bertz CT molecular complexity index is 1810. The molecule has 4 aromatic rings.